The largest absolute Gasteiger partial charge is 0.484 e. The number of ether oxygens (including phenoxy) is 1. The molecule has 0 unspecified atom stereocenters. The topological polar surface area (TPSA) is 122 Å². The molecule has 5 rings (SSSR count). The van der Waals surface area contributed by atoms with E-state index in [1.165, 1.54) is 0 Å². The molecular formula is C20H19Cl2N7O2. The zero-order chi connectivity index (χ0) is 21.5. The quantitative estimate of drug-likeness (QED) is 0.536. The van der Waals surface area contributed by atoms with Crippen molar-refractivity contribution in [3.8, 4) is 17.0 Å². The number of urea groups is 1. The maximum Gasteiger partial charge on any atom is 0.318 e. The number of anilines is 1. The van der Waals surface area contributed by atoms with Gasteiger partial charge in [0.15, 0.2) is 0 Å². The third-order valence-electron chi connectivity index (χ3n) is 5.19. The number of halogens is 2. The third kappa shape index (κ3) is 4.11. The number of rotatable bonds is 5. The summed E-state index contributed by atoms with van der Waals surface area (Å²) in [6.07, 6.45) is 5.40. The summed E-state index contributed by atoms with van der Waals surface area (Å²) in [6, 6.07) is 3.48. The van der Waals surface area contributed by atoms with Crippen molar-refractivity contribution in [1.29, 1.82) is 0 Å². The molecule has 2 aliphatic rings. The van der Waals surface area contributed by atoms with E-state index in [2.05, 4.69) is 25.3 Å². The highest BCUT2D eigenvalue weighted by Crippen LogP contribution is 2.40. The number of nitrogen functional groups attached to an aromatic ring is 1. The van der Waals surface area contributed by atoms with Crippen molar-refractivity contribution in [2.75, 3.05) is 5.73 Å². The number of imidazole rings is 1. The van der Waals surface area contributed by atoms with Gasteiger partial charge in [-0.3, -0.25) is 0 Å². The molecule has 11 heteroatoms. The van der Waals surface area contributed by atoms with Crippen molar-refractivity contribution >= 4 is 35.2 Å². The molecule has 4 N–H and O–H groups in total. The van der Waals surface area contributed by atoms with E-state index in [-0.39, 0.29) is 24.6 Å². The van der Waals surface area contributed by atoms with Gasteiger partial charge in [0.05, 0.1) is 34.5 Å². The Morgan fingerprint density at radius 2 is 2.10 bits per heavy atom. The summed E-state index contributed by atoms with van der Waals surface area (Å²) < 4.78 is 5.82. The molecular weight excluding hydrogens is 441 g/mol. The number of nitrogens with one attached hydrogen (secondary N) is 2. The van der Waals surface area contributed by atoms with Gasteiger partial charge >= 0.3 is 6.03 Å². The Labute approximate surface area is 187 Å². The maximum absolute atomic E-state index is 12.5. The van der Waals surface area contributed by atoms with Crippen molar-refractivity contribution in [3.05, 3.63) is 51.7 Å². The van der Waals surface area contributed by atoms with Gasteiger partial charge in [0, 0.05) is 29.6 Å². The fourth-order valence-corrected chi connectivity index (χ4v) is 4.01. The van der Waals surface area contributed by atoms with Gasteiger partial charge in [-0.05, 0) is 25.0 Å². The molecule has 3 aromatic rings. The summed E-state index contributed by atoms with van der Waals surface area (Å²) in [5.74, 6) is 1.21. The standard InChI is InChI=1S/C20H19Cl2N7O2/c21-13-6-14(22)16(31-9-17-24-3-4-25-17)5-11(13)18-12-7-29(20(30)26-10-1-2-10)8-15(12)27-19(23)28-18/h3-6,10H,1-2,7-9H2,(H,24,25)(H,26,30)(H2,23,27,28). The van der Waals surface area contributed by atoms with Crippen LogP contribution in [0.4, 0.5) is 10.7 Å². The van der Waals surface area contributed by atoms with Crippen LogP contribution in [-0.4, -0.2) is 36.9 Å². The van der Waals surface area contributed by atoms with Crippen molar-refractivity contribution in [2.24, 2.45) is 0 Å². The molecule has 1 aliphatic carbocycles. The van der Waals surface area contributed by atoms with Crippen molar-refractivity contribution < 1.29 is 9.53 Å². The zero-order valence-electron chi connectivity index (χ0n) is 16.4. The zero-order valence-corrected chi connectivity index (χ0v) is 17.9. The lowest BCUT2D eigenvalue weighted by Crippen LogP contribution is -2.37. The van der Waals surface area contributed by atoms with Crippen molar-refractivity contribution in [1.82, 2.24) is 30.2 Å². The number of H-pyrrole nitrogens is 1. The van der Waals surface area contributed by atoms with E-state index in [9.17, 15) is 4.79 Å². The highest BCUT2D eigenvalue weighted by Gasteiger charge is 2.32. The average Bonchev–Trinajstić information content (AvgIpc) is 3.22. The second-order valence-corrected chi connectivity index (χ2v) is 8.34. The Morgan fingerprint density at radius 3 is 2.84 bits per heavy atom. The number of aromatic amines is 1. The number of hydrogen-bond donors (Lipinski definition) is 3. The van der Waals surface area contributed by atoms with Crippen LogP contribution >= 0.6 is 23.2 Å². The summed E-state index contributed by atoms with van der Waals surface area (Å²) in [7, 11) is 0. The van der Waals surface area contributed by atoms with Crippen molar-refractivity contribution in [2.45, 2.75) is 38.6 Å². The van der Waals surface area contributed by atoms with Crippen LogP contribution in [-0.2, 0) is 19.7 Å². The normalized spacial score (nSPS) is 15.1. The van der Waals surface area contributed by atoms with Gasteiger partial charge in [-0.15, -0.1) is 0 Å². The van der Waals surface area contributed by atoms with E-state index in [0.717, 1.165) is 18.4 Å². The second kappa shape index (κ2) is 7.90. The molecule has 2 aromatic heterocycles. The Bertz CT molecular complexity index is 1150. The van der Waals surface area contributed by atoms with Gasteiger partial charge in [-0.2, -0.15) is 0 Å². The molecule has 1 saturated carbocycles. The van der Waals surface area contributed by atoms with E-state index in [4.69, 9.17) is 33.7 Å². The monoisotopic (exact) mass is 459 g/mol. The van der Waals surface area contributed by atoms with Crippen LogP contribution in [0.2, 0.25) is 10.0 Å². The molecule has 160 valence electrons. The minimum absolute atomic E-state index is 0.113. The number of benzene rings is 1. The first-order valence-electron chi connectivity index (χ1n) is 9.79. The maximum atomic E-state index is 12.5. The highest BCUT2D eigenvalue weighted by molar-refractivity contribution is 6.37. The number of hydrogen-bond acceptors (Lipinski definition) is 6. The van der Waals surface area contributed by atoms with E-state index in [0.29, 0.717) is 51.7 Å². The minimum Gasteiger partial charge on any atom is -0.484 e. The van der Waals surface area contributed by atoms with Crippen molar-refractivity contribution in [3.63, 3.8) is 0 Å². The summed E-state index contributed by atoms with van der Waals surface area (Å²) in [4.78, 5) is 30.1. The Morgan fingerprint density at radius 1 is 1.26 bits per heavy atom. The third-order valence-corrected chi connectivity index (χ3v) is 5.80. The first-order valence-corrected chi connectivity index (χ1v) is 10.5. The lowest BCUT2D eigenvalue weighted by atomic mass is 10.1. The van der Waals surface area contributed by atoms with Gasteiger partial charge in [0.2, 0.25) is 5.95 Å². The van der Waals surface area contributed by atoms with E-state index in [1.807, 2.05) is 0 Å². The van der Waals surface area contributed by atoms with Gasteiger partial charge < -0.3 is 25.7 Å². The Balaban J connectivity index is 1.46. The number of aromatic nitrogens is 4. The van der Waals surface area contributed by atoms with Crippen LogP contribution in [0, 0.1) is 0 Å². The second-order valence-electron chi connectivity index (χ2n) is 7.52. The molecule has 1 aliphatic heterocycles. The molecule has 2 amide bonds. The van der Waals surface area contributed by atoms with E-state index in [1.54, 1.807) is 29.4 Å². The number of nitrogens with two attached hydrogens (primary N) is 1. The lowest BCUT2D eigenvalue weighted by Gasteiger charge is -2.16. The van der Waals surface area contributed by atoms with Crippen LogP contribution < -0.4 is 15.8 Å². The lowest BCUT2D eigenvalue weighted by molar-refractivity contribution is 0.197. The summed E-state index contributed by atoms with van der Waals surface area (Å²) in [6.45, 7) is 0.943. The number of carbonyl (C=O) groups is 1. The van der Waals surface area contributed by atoms with Crippen LogP contribution in [0.1, 0.15) is 29.9 Å². The predicted molar refractivity (Wildman–Crippen MR) is 116 cm³/mol. The summed E-state index contributed by atoms with van der Waals surface area (Å²) in [5.41, 5.74) is 8.65. The van der Waals surface area contributed by atoms with Crippen LogP contribution in [0.5, 0.6) is 5.75 Å². The van der Waals surface area contributed by atoms with Crippen LogP contribution in [0.15, 0.2) is 24.5 Å². The molecule has 9 nitrogen and oxygen atoms in total. The number of amides is 2. The molecule has 0 bridgehead atoms. The van der Waals surface area contributed by atoms with Gasteiger partial charge in [-0.25, -0.2) is 19.7 Å². The number of fused-ring (bicyclic) bond motifs is 1. The van der Waals surface area contributed by atoms with Gasteiger partial charge in [-0.1, -0.05) is 23.2 Å². The van der Waals surface area contributed by atoms with E-state index < -0.39 is 0 Å². The van der Waals surface area contributed by atoms with Gasteiger partial charge in [0.25, 0.3) is 0 Å². The first kappa shape index (κ1) is 19.9. The molecule has 1 aromatic carbocycles. The first-order chi connectivity index (χ1) is 15.0. The molecule has 3 heterocycles. The SMILES string of the molecule is Nc1nc2c(c(-c3cc(OCc4ncc[nH]4)c(Cl)cc3Cl)n1)CN(C(=O)NC1CC1)C2. The molecule has 31 heavy (non-hydrogen) atoms. The average molecular weight is 460 g/mol. The van der Waals surface area contributed by atoms with Crippen LogP contribution in [0.3, 0.4) is 0 Å². The smallest absolute Gasteiger partial charge is 0.318 e. The fraction of sp³-hybridized carbons (Fsp3) is 0.300. The van der Waals surface area contributed by atoms with E-state index >= 15 is 0 Å². The fourth-order valence-electron chi connectivity index (χ4n) is 3.48. The Hall–Kier alpha value is -3.04. The molecule has 0 spiro atoms. The number of nitrogens with zero attached hydrogens (tertiary/aromatic N) is 4. The molecule has 0 radical (unpaired) electrons. The minimum atomic E-state index is -0.116. The predicted octanol–water partition coefficient (Wildman–Crippen LogP) is 3.52. The highest BCUT2D eigenvalue weighted by atomic mass is 35.5. The molecule has 0 atom stereocenters. The van der Waals surface area contributed by atoms with Gasteiger partial charge in [0.1, 0.15) is 18.2 Å². The number of carbonyl (C=O) groups excluding carboxylic acids is 1. The van der Waals surface area contributed by atoms with Crippen LogP contribution in [0.25, 0.3) is 11.3 Å². The molecule has 0 saturated heterocycles. The Kier molecular flexibility index (Phi) is 5.07. The summed E-state index contributed by atoms with van der Waals surface area (Å²) >= 11 is 12.9. The molecule has 1 fully saturated rings. The summed E-state index contributed by atoms with van der Waals surface area (Å²) in [5, 5.41) is 3.76.